The van der Waals surface area contributed by atoms with Crippen LogP contribution in [0.2, 0.25) is 0 Å². The largest absolute Gasteiger partial charge is 0.469 e. The van der Waals surface area contributed by atoms with Crippen molar-refractivity contribution in [3.05, 3.63) is 11.8 Å². The summed E-state index contributed by atoms with van der Waals surface area (Å²) in [5.41, 5.74) is -0.174. The maximum Gasteiger partial charge on any atom is 0.347 e. The van der Waals surface area contributed by atoms with Crippen molar-refractivity contribution in [2.75, 3.05) is 26.9 Å². The highest BCUT2D eigenvalue weighted by molar-refractivity contribution is 6.13. The molecule has 0 aromatic carbocycles. The van der Waals surface area contributed by atoms with Crippen molar-refractivity contribution < 1.29 is 28.6 Å². The number of ether oxygens (including phenoxy) is 3. The highest BCUT2D eigenvalue weighted by atomic mass is 16.6. The molecule has 0 heterocycles. The van der Waals surface area contributed by atoms with Crippen LogP contribution in [-0.4, -0.2) is 44.8 Å². The molecule has 7 nitrogen and oxygen atoms in total. The lowest BCUT2D eigenvalue weighted by Crippen LogP contribution is -2.21. The van der Waals surface area contributed by atoms with Gasteiger partial charge in [-0.1, -0.05) is 0 Å². The normalized spacial score (nSPS) is 9.48. The van der Waals surface area contributed by atoms with Gasteiger partial charge in [-0.05, 0) is 26.7 Å². The molecule has 0 aliphatic heterocycles. The average Bonchev–Trinajstić information content (AvgIpc) is 2.46. The highest BCUT2D eigenvalue weighted by Crippen LogP contribution is 2.02. The first-order valence-corrected chi connectivity index (χ1v) is 6.91. The maximum atomic E-state index is 11.6. The predicted octanol–water partition coefficient (Wildman–Crippen LogP) is 0.929. The minimum Gasteiger partial charge on any atom is -0.469 e. The van der Waals surface area contributed by atoms with Crippen molar-refractivity contribution in [3.63, 3.8) is 0 Å². The van der Waals surface area contributed by atoms with E-state index in [9.17, 15) is 14.4 Å². The number of esters is 3. The number of rotatable bonds is 10. The van der Waals surface area contributed by atoms with Crippen LogP contribution in [0.5, 0.6) is 0 Å². The fourth-order valence-electron chi connectivity index (χ4n) is 1.39. The molecule has 0 fully saturated rings. The zero-order valence-corrected chi connectivity index (χ0v) is 12.8. The van der Waals surface area contributed by atoms with Crippen molar-refractivity contribution in [1.29, 1.82) is 0 Å². The molecule has 120 valence electrons. The summed E-state index contributed by atoms with van der Waals surface area (Å²) in [5, 5.41) is 2.84. The van der Waals surface area contributed by atoms with Crippen LogP contribution in [0.25, 0.3) is 0 Å². The van der Waals surface area contributed by atoms with Crippen LogP contribution in [0.15, 0.2) is 11.8 Å². The molecule has 0 spiro atoms. The fourth-order valence-corrected chi connectivity index (χ4v) is 1.39. The average molecular weight is 301 g/mol. The lowest BCUT2D eigenvalue weighted by Gasteiger charge is -2.07. The van der Waals surface area contributed by atoms with Gasteiger partial charge in [-0.25, -0.2) is 9.59 Å². The Morgan fingerprint density at radius 1 is 1.00 bits per heavy atom. The number of methoxy groups -OCH3 is 1. The van der Waals surface area contributed by atoms with E-state index in [0.29, 0.717) is 25.8 Å². The molecular formula is C14H23NO6. The van der Waals surface area contributed by atoms with E-state index in [2.05, 4.69) is 10.1 Å². The van der Waals surface area contributed by atoms with Crippen LogP contribution in [-0.2, 0) is 28.6 Å². The standard InChI is InChI=1S/C14H23NO6/c1-4-20-13(17)11(14(18)21-5-2)10-15-9-7-6-8-12(16)19-3/h10,15H,4-9H2,1-3H3. The fraction of sp³-hybridized carbons (Fsp3) is 0.643. The van der Waals surface area contributed by atoms with Crippen molar-refractivity contribution in [1.82, 2.24) is 5.32 Å². The number of unbranched alkanes of at least 4 members (excludes halogenated alkanes) is 1. The van der Waals surface area contributed by atoms with Gasteiger partial charge in [0.1, 0.15) is 0 Å². The van der Waals surface area contributed by atoms with Crippen LogP contribution >= 0.6 is 0 Å². The minimum atomic E-state index is -0.724. The molecule has 0 unspecified atom stereocenters. The van der Waals surface area contributed by atoms with Gasteiger partial charge in [-0.15, -0.1) is 0 Å². The van der Waals surface area contributed by atoms with Crippen LogP contribution in [0.1, 0.15) is 33.1 Å². The van der Waals surface area contributed by atoms with Crippen LogP contribution < -0.4 is 5.32 Å². The predicted molar refractivity (Wildman–Crippen MR) is 75.2 cm³/mol. The zero-order valence-electron chi connectivity index (χ0n) is 12.8. The van der Waals surface area contributed by atoms with E-state index in [-0.39, 0.29) is 24.8 Å². The van der Waals surface area contributed by atoms with Gasteiger partial charge in [0.05, 0.1) is 20.3 Å². The molecule has 0 aromatic rings. The molecular weight excluding hydrogens is 278 g/mol. The first-order chi connectivity index (χ1) is 10.1. The van der Waals surface area contributed by atoms with Crippen molar-refractivity contribution in [2.45, 2.75) is 33.1 Å². The summed E-state index contributed by atoms with van der Waals surface area (Å²) in [6.07, 6.45) is 2.98. The summed E-state index contributed by atoms with van der Waals surface area (Å²) < 4.78 is 14.1. The lowest BCUT2D eigenvalue weighted by atomic mass is 10.2. The lowest BCUT2D eigenvalue weighted by molar-refractivity contribution is -0.146. The third-order valence-corrected chi connectivity index (χ3v) is 2.42. The molecule has 7 heteroatoms. The molecule has 0 bridgehead atoms. The molecule has 0 aromatic heterocycles. The van der Waals surface area contributed by atoms with Crippen molar-refractivity contribution in [3.8, 4) is 0 Å². The second-order valence-corrected chi connectivity index (χ2v) is 3.99. The topological polar surface area (TPSA) is 90.9 Å². The Kier molecular flexibility index (Phi) is 10.6. The monoisotopic (exact) mass is 301 g/mol. The van der Waals surface area contributed by atoms with E-state index in [1.165, 1.54) is 13.3 Å². The molecule has 0 aliphatic carbocycles. The smallest absolute Gasteiger partial charge is 0.347 e. The summed E-state index contributed by atoms with van der Waals surface area (Å²) in [7, 11) is 1.34. The first-order valence-electron chi connectivity index (χ1n) is 6.91. The van der Waals surface area contributed by atoms with E-state index >= 15 is 0 Å². The summed E-state index contributed by atoms with van der Waals surface area (Å²) in [6.45, 7) is 4.17. The Morgan fingerprint density at radius 2 is 1.57 bits per heavy atom. The van der Waals surface area contributed by atoms with Crippen LogP contribution in [0, 0.1) is 0 Å². The van der Waals surface area contributed by atoms with Gasteiger partial charge in [-0.3, -0.25) is 4.79 Å². The number of nitrogens with one attached hydrogen (secondary N) is 1. The first kappa shape index (κ1) is 18.9. The van der Waals surface area contributed by atoms with E-state index in [1.807, 2.05) is 0 Å². The Labute approximate surface area is 124 Å². The quantitative estimate of drug-likeness (QED) is 0.160. The Balaban J connectivity index is 4.27. The highest BCUT2D eigenvalue weighted by Gasteiger charge is 2.20. The van der Waals surface area contributed by atoms with Gasteiger partial charge in [0.15, 0.2) is 5.57 Å². The second kappa shape index (κ2) is 11.7. The molecule has 0 radical (unpaired) electrons. The summed E-state index contributed by atoms with van der Waals surface area (Å²) in [4.78, 5) is 34.1. The number of carbonyl (C=O) groups excluding carboxylic acids is 3. The molecule has 21 heavy (non-hydrogen) atoms. The van der Waals surface area contributed by atoms with Gasteiger partial charge in [0.25, 0.3) is 0 Å². The Morgan fingerprint density at radius 3 is 2.05 bits per heavy atom. The number of hydrogen-bond acceptors (Lipinski definition) is 7. The molecule has 0 saturated carbocycles. The summed E-state index contributed by atoms with van der Waals surface area (Å²) >= 11 is 0. The zero-order chi connectivity index (χ0) is 16.1. The number of carbonyl (C=O) groups is 3. The summed E-state index contributed by atoms with van der Waals surface area (Å²) in [5.74, 6) is -1.71. The van der Waals surface area contributed by atoms with Gasteiger partial charge in [0.2, 0.25) is 0 Å². The van der Waals surface area contributed by atoms with Crippen molar-refractivity contribution >= 4 is 17.9 Å². The van der Waals surface area contributed by atoms with E-state index in [1.54, 1.807) is 13.8 Å². The van der Waals surface area contributed by atoms with E-state index in [0.717, 1.165) is 0 Å². The van der Waals surface area contributed by atoms with E-state index < -0.39 is 11.9 Å². The molecule has 0 atom stereocenters. The van der Waals surface area contributed by atoms with Crippen LogP contribution in [0.3, 0.4) is 0 Å². The molecule has 0 saturated heterocycles. The maximum absolute atomic E-state index is 11.6. The molecule has 0 amide bonds. The van der Waals surface area contributed by atoms with Crippen LogP contribution in [0.4, 0.5) is 0 Å². The van der Waals surface area contributed by atoms with E-state index in [4.69, 9.17) is 9.47 Å². The van der Waals surface area contributed by atoms with Gasteiger partial charge < -0.3 is 19.5 Å². The van der Waals surface area contributed by atoms with Gasteiger partial charge >= 0.3 is 17.9 Å². The molecule has 1 N–H and O–H groups in total. The molecule has 0 rings (SSSR count). The minimum absolute atomic E-state index is 0.174. The second-order valence-electron chi connectivity index (χ2n) is 3.99. The number of hydrogen-bond donors (Lipinski definition) is 1. The van der Waals surface area contributed by atoms with Crippen molar-refractivity contribution in [2.24, 2.45) is 0 Å². The third kappa shape index (κ3) is 8.67. The van der Waals surface area contributed by atoms with Gasteiger partial charge in [0, 0.05) is 19.2 Å². The Hall–Kier alpha value is -2.05. The SMILES string of the molecule is CCOC(=O)C(=CNCCCCC(=O)OC)C(=O)OCC. The summed E-state index contributed by atoms with van der Waals surface area (Å²) in [6, 6.07) is 0. The van der Waals surface area contributed by atoms with Gasteiger partial charge in [-0.2, -0.15) is 0 Å². The third-order valence-electron chi connectivity index (χ3n) is 2.42. The molecule has 0 aliphatic rings. The Bertz CT molecular complexity index is 358.